The zero-order valence-electron chi connectivity index (χ0n) is 11.2. The van der Waals surface area contributed by atoms with Crippen LogP contribution >= 0.6 is 0 Å². The Hall–Kier alpha value is -0.860. The number of ether oxygens (including phenoxy) is 1. The topological polar surface area (TPSA) is 21.3 Å². The van der Waals surface area contributed by atoms with Crippen molar-refractivity contribution in [3.8, 4) is 0 Å². The van der Waals surface area contributed by atoms with Crippen LogP contribution in [0.3, 0.4) is 0 Å². The van der Waals surface area contributed by atoms with Gasteiger partial charge in [-0.25, -0.2) is 0 Å². The van der Waals surface area contributed by atoms with Crippen LogP contribution in [0.15, 0.2) is 24.3 Å². The molecule has 2 aliphatic carbocycles. The van der Waals surface area contributed by atoms with Crippen molar-refractivity contribution in [2.45, 2.75) is 50.2 Å². The van der Waals surface area contributed by atoms with Crippen molar-refractivity contribution in [2.24, 2.45) is 0 Å². The van der Waals surface area contributed by atoms with Crippen LogP contribution in [0.2, 0.25) is 0 Å². The van der Waals surface area contributed by atoms with E-state index in [-0.39, 0.29) is 5.60 Å². The van der Waals surface area contributed by atoms with E-state index in [0.29, 0.717) is 6.04 Å². The van der Waals surface area contributed by atoms with Gasteiger partial charge >= 0.3 is 0 Å². The molecule has 18 heavy (non-hydrogen) atoms. The third kappa shape index (κ3) is 2.32. The van der Waals surface area contributed by atoms with Crippen LogP contribution in [-0.4, -0.2) is 25.3 Å². The van der Waals surface area contributed by atoms with E-state index >= 15 is 0 Å². The molecule has 1 aromatic rings. The van der Waals surface area contributed by atoms with Crippen molar-refractivity contribution in [3.63, 3.8) is 0 Å². The maximum Gasteiger partial charge on any atom is 0.0802 e. The summed E-state index contributed by atoms with van der Waals surface area (Å²) in [6.07, 6.45) is 7.42. The summed E-state index contributed by atoms with van der Waals surface area (Å²) in [5.74, 6) is 0. The first kappa shape index (κ1) is 12.2. The van der Waals surface area contributed by atoms with Crippen LogP contribution in [0, 0.1) is 0 Å². The van der Waals surface area contributed by atoms with E-state index in [4.69, 9.17) is 4.74 Å². The summed E-state index contributed by atoms with van der Waals surface area (Å²) < 4.78 is 5.67. The van der Waals surface area contributed by atoms with Crippen LogP contribution in [0.1, 0.15) is 36.8 Å². The van der Waals surface area contributed by atoms with Crippen LogP contribution in [0.25, 0.3) is 0 Å². The van der Waals surface area contributed by atoms with Gasteiger partial charge in [-0.2, -0.15) is 0 Å². The molecule has 2 heteroatoms. The smallest absolute Gasteiger partial charge is 0.0802 e. The second-order valence-corrected chi connectivity index (χ2v) is 5.83. The molecule has 2 aliphatic rings. The standard InChI is InChI=1S/C16H23NO/c1-18-16(9-4-10-16)12-17-15-8-7-13-5-2-3-6-14(13)11-15/h2-3,5-6,15,17H,4,7-12H2,1H3. The van der Waals surface area contributed by atoms with Crippen molar-refractivity contribution in [3.05, 3.63) is 35.4 Å². The lowest BCUT2D eigenvalue weighted by atomic mass is 9.79. The molecule has 0 heterocycles. The Balaban J connectivity index is 1.56. The molecule has 0 aliphatic heterocycles. The fraction of sp³-hybridized carbons (Fsp3) is 0.625. The van der Waals surface area contributed by atoms with Gasteiger partial charge in [0.05, 0.1) is 5.60 Å². The average molecular weight is 245 g/mol. The van der Waals surface area contributed by atoms with Gasteiger partial charge in [-0.05, 0) is 49.7 Å². The number of benzene rings is 1. The third-order valence-electron chi connectivity index (χ3n) is 4.76. The molecule has 0 aromatic heterocycles. The van der Waals surface area contributed by atoms with E-state index in [1.54, 1.807) is 5.56 Å². The highest BCUT2D eigenvalue weighted by Crippen LogP contribution is 2.34. The Morgan fingerprint density at radius 2 is 2.06 bits per heavy atom. The number of rotatable bonds is 4. The van der Waals surface area contributed by atoms with Gasteiger partial charge in [0.2, 0.25) is 0 Å². The lowest BCUT2D eigenvalue weighted by Gasteiger charge is -2.42. The molecule has 1 N–H and O–H groups in total. The summed E-state index contributed by atoms with van der Waals surface area (Å²) in [7, 11) is 1.86. The molecule has 0 saturated heterocycles. The summed E-state index contributed by atoms with van der Waals surface area (Å²) >= 11 is 0. The molecule has 0 bridgehead atoms. The predicted octanol–water partition coefficient (Wildman–Crippen LogP) is 2.70. The van der Waals surface area contributed by atoms with Crippen LogP contribution < -0.4 is 5.32 Å². The van der Waals surface area contributed by atoms with Gasteiger partial charge in [-0.3, -0.25) is 0 Å². The zero-order valence-corrected chi connectivity index (χ0v) is 11.2. The normalized spacial score (nSPS) is 25.3. The van der Waals surface area contributed by atoms with E-state index in [1.807, 2.05) is 7.11 Å². The Morgan fingerprint density at radius 1 is 1.28 bits per heavy atom. The van der Waals surface area contributed by atoms with Crippen molar-refractivity contribution < 1.29 is 4.74 Å². The van der Waals surface area contributed by atoms with Crippen molar-refractivity contribution in [1.29, 1.82) is 0 Å². The molecule has 1 atom stereocenters. The fourth-order valence-corrected chi connectivity index (χ4v) is 3.23. The first-order valence-corrected chi connectivity index (χ1v) is 7.17. The molecule has 0 radical (unpaired) electrons. The van der Waals surface area contributed by atoms with E-state index in [9.17, 15) is 0 Å². The SMILES string of the molecule is COC1(CNC2CCc3ccccc3C2)CCC1. The minimum atomic E-state index is 0.150. The van der Waals surface area contributed by atoms with Gasteiger partial charge in [0.1, 0.15) is 0 Å². The highest BCUT2D eigenvalue weighted by atomic mass is 16.5. The number of hydrogen-bond donors (Lipinski definition) is 1. The number of fused-ring (bicyclic) bond motifs is 1. The Morgan fingerprint density at radius 3 is 2.72 bits per heavy atom. The second-order valence-electron chi connectivity index (χ2n) is 5.83. The van der Waals surface area contributed by atoms with Gasteiger partial charge in [-0.1, -0.05) is 24.3 Å². The van der Waals surface area contributed by atoms with Crippen LogP contribution in [-0.2, 0) is 17.6 Å². The van der Waals surface area contributed by atoms with Gasteiger partial charge in [0.25, 0.3) is 0 Å². The predicted molar refractivity (Wildman–Crippen MR) is 73.8 cm³/mol. The average Bonchev–Trinajstić information content (AvgIpc) is 2.38. The first-order valence-electron chi connectivity index (χ1n) is 7.17. The first-order chi connectivity index (χ1) is 8.81. The molecule has 3 rings (SSSR count). The Bertz CT molecular complexity index is 406. The van der Waals surface area contributed by atoms with Gasteiger partial charge in [-0.15, -0.1) is 0 Å². The maximum atomic E-state index is 5.67. The summed E-state index contributed by atoms with van der Waals surface area (Å²) in [5.41, 5.74) is 3.22. The molecule has 0 amide bonds. The maximum absolute atomic E-state index is 5.67. The van der Waals surface area contributed by atoms with E-state index in [2.05, 4.69) is 29.6 Å². The minimum Gasteiger partial charge on any atom is -0.377 e. The van der Waals surface area contributed by atoms with Crippen molar-refractivity contribution in [2.75, 3.05) is 13.7 Å². The Kier molecular flexibility index (Phi) is 3.40. The minimum absolute atomic E-state index is 0.150. The number of aryl methyl sites for hydroxylation is 1. The van der Waals surface area contributed by atoms with Gasteiger partial charge in [0, 0.05) is 19.7 Å². The molecule has 1 saturated carbocycles. The van der Waals surface area contributed by atoms with Crippen molar-refractivity contribution >= 4 is 0 Å². The fourth-order valence-electron chi connectivity index (χ4n) is 3.23. The van der Waals surface area contributed by atoms with E-state index in [1.165, 1.54) is 44.1 Å². The van der Waals surface area contributed by atoms with Crippen LogP contribution in [0.4, 0.5) is 0 Å². The molecule has 1 aromatic carbocycles. The Labute approximate surface area is 110 Å². The second kappa shape index (κ2) is 5.02. The monoisotopic (exact) mass is 245 g/mol. The summed E-state index contributed by atoms with van der Waals surface area (Å²) in [4.78, 5) is 0. The molecular weight excluding hydrogens is 222 g/mol. The highest BCUT2D eigenvalue weighted by Gasteiger charge is 2.37. The van der Waals surface area contributed by atoms with E-state index < -0.39 is 0 Å². The number of nitrogens with one attached hydrogen (secondary N) is 1. The molecule has 2 nitrogen and oxygen atoms in total. The van der Waals surface area contributed by atoms with Gasteiger partial charge < -0.3 is 10.1 Å². The van der Waals surface area contributed by atoms with E-state index in [0.717, 1.165) is 6.54 Å². The molecule has 1 unspecified atom stereocenters. The van der Waals surface area contributed by atoms with Crippen molar-refractivity contribution in [1.82, 2.24) is 5.32 Å². The summed E-state index contributed by atoms with van der Waals surface area (Å²) in [6.45, 7) is 1.02. The quantitative estimate of drug-likeness (QED) is 0.880. The largest absolute Gasteiger partial charge is 0.377 e. The lowest BCUT2D eigenvalue weighted by Crippen LogP contribution is -2.51. The summed E-state index contributed by atoms with van der Waals surface area (Å²) in [5, 5.41) is 3.73. The molecule has 0 spiro atoms. The number of methoxy groups -OCH3 is 1. The zero-order chi connectivity index (χ0) is 12.4. The van der Waals surface area contributed by atoms with Crippen LogP contribution in [0.5, 0.6) is 0 Å². The number of hydrogen-bond acceptors (Lipinski definition) is 2. The van der Waals surface area contributed by atoms with Gasteiger partial charge in [0.15, 0.2) is 0 Å². The third-order valence-corrected chi connectivity index (χ3v) is 4.76. The molecular formula is C16H23NO. The summed E-state index contributed by atoms with van der Waals surface area (Å²) in [6, 6.07) is 9.49. The molecule has 98 valence electrons. The lowest BCUT2D eigenvalue weighted by molar-refractivity contribution is -0.0710. The highest BCUT2D eigenvalue weighted by molar-refractivity contribution is 5.30. The molecule has 1 fully saturated rings.